The minimum atomic E-state index is -0.912. The number of benzene rings is 2. The summed E-state index contributed by atoms with van der Waals surface area (Å²) in [6.45, 7) is 3.31. The van der Waals surface area contributed by atoms with Gasteiger partial charge in [-0.2, -0.15) is 0 Å². The van der Waals surface area contributed by atoms with Crippen LogP contribution in [-0.4, -0.2) is 29.4 Å². The average molecular weight is 301 g/mol. The van der Waals surface area contributed by atoms with Crippen molar-refractivity contribution in [2.45, 2.75) is 25.3 Å². The lowest BCUT2D eigenvalue weighted by atomic mass is 9.98. The molecule has 1 fully saturated rings. The largest absolute Gasteiger partial charge is 0.366 e. The normalized spacial score (nSPS) is 24.1. The summed E-state index contributed by atoms with van der Waals surface area (Å²) in [5.74, 6) is -0.280. The van der Waals surface area contributed by atoms with Crippen LogP contribution in [0.2, 0.25) is 0 Å². The Morgan fingerprint density at radius 1 is 1.14 bits per heavy atom. The first-order valence-corrected chi connectivity index (χ1v) is 7.52. The quantitative estimate of drug-likeness (QED) is 0.944. The molecular formula is C18H20FNO2. The third kappa shape index (κ3) is 3.04. The number of rotatable bonds is 3. The monoisotopic (exact) mass is 301 g/mol. The van der Waals surface area contributed by atoms with Gasteiger partial charge >= 0.3 is 0 Å². The molecule has 0 aliphatic carbocycles. The first-order chi connectivity index (χ1) is 10.7. The van der Waals surface area contributed by atoms with Gasteiger partial charge in [-0.25, -0.2) is 4.39 Å². The lowest BCUT2D eigenvalue weighted by molar-refractivity contribution is -0.189. The number of aliphatic hydroxyl groups excluding tert-OH is 1. The summed E-state index contributed by atoms with van der Waals surface area (Å²) < 4.78 is 18.6. The van der Waals surface area contributed by atoms with E-state index in [0.29, 0.717) is 6.61 Å². The summed E-state index contributed by atoms with van der Waals surface area (Å²) in [5, 5.41) is 10.3. The molecule has 2 aromatic carbocycles. The summed E-state index contributed by atoms with van der Waals surface area (Å²) in [6.07, 6.45) is -0.912. The van der Waals surface area contributed by atoms with Crippen molar-refractivity contribution in [2.24, 2.45) is 0 Å². The second kappa shape index (κ2) is 6.57. The molecule has 4 heteroatoms. The number of halogens is 1. The molecule has 0 bridgehead atoms. The maximum Gasteiger partial charge on any atom is 0.174 e. The molecule has 1 saturated heterocycles. The topological polar surface area (TPSA) is 32.7 Å². The lowest BCUT2D eigenvalue weighted by Gasteiger charge is -2.42. The Kier molecular flexibility index (Phi) is 4.52. The number of morpholine rings is 1. The van der Waals surface area contributed by atoms with Gasteiger partial charge in [0.05, 0.1) is 12.6 Å². The van der Waals surface area contributed by atoms with Crippen LogP contribution in [-0.2, 0) is 4.74 Å². The Morgan fingerprint density at radius 3 is 2.50 bits per heavy atom. The second-order valence-corrected chi connectivity index (χ2v) is 5.58. The van der Waals surface area contributed by atoms with Gasteiger partial charge in [0.25, 0.3) is 0 Å². The third-order valence-electron chi connectivity index (χ3n) is 4.26. The van der Waals surface area contributed by atoms with Crippen LogP contribution in [0.1, 0.15) is 30.1 Å². The Labute approximate surface area is 130 Å². The van der Waals surface area contributed by atoms with Gasteiger partial charge in [-0.1, -0.05) is 42.5 Å². The van der Waals surface area contributed by atoms with E-state index in [-0.39, 0.29) is 17.9 Å². The van der Waals surface area contributed by atoms with Crippen LogP contribution in [0, 0.1) is 5.82 Å². The minimum absolute atomic E-state index is 0.134. The molecule has 0 aromatic heterocycles. The van der Waals surface area contributed by atoms with Gasteiger partial charge in [-0.3, -0.25) is 4.90 Å². The zero-order chi connectivity index (χ0) is 15.5. The van der Waals surface area contributed by atoms with E-state index < -0.39 is 6.29 Å². The van der Waals surface area contributed by atoms with E-state index in [9.17, 15) is 9.50 Å². The molecule has 3 nitrogen and oxygen atoms in total. The van der Waals surface area contributed by atoms with Crippen molar-refractivity contribution < 1.29 is 14.2 Å². The maximum absolute atomic E-state index is 13.2. The second-order valence-electron chi connectivity index (χ2n) is 5.58. The van der Waals surface area contributed by atoms with Gasteiger partial charge in [0.1, 0.15) is 5.82 Å². The molecule has 3 unspecified atom stereocenters. The highest BCUT2D eigenvalue weighted by Gasteiger charge is 2.35. The molecule has 1 N–H and O–H groups in total. The van der Waals surface area contributed by atoms with E-state index in [1.54, 1.807) is 12.1 Å². The van der Waals surface area contributed by atoms with Crippen molar-refractivity contribution in [1.29, 1.82) is 0 Å². The van der Waals surface area contributed by atoms with Gasteiger partial charge in [0.2, 0.25) is 0 Å². The molecule has 1 aliphatic heterocycles. The Bertz CT molecular complexity index is 602. The molecule has 2 aromatic rings. The van der Waals surface area contributed by atoms with Gasteiger partial charge in [0, 0.05) is 12.6 Å². The van der Waals surface area contributed by atoms with Crippen LogP contribution in [0.15, 0.2) is 54.6 Å². The number of ether oxygens (including phenoxy) is 1. The summed E-state index contributed by atoms with van der Waals surface area (Å²) in [7, 11) is 0. The van der Waals surface area contributed by atoms with E-state index in [0.717, 1.165) is 12.1 Å². The molecule has 3 atom stereocenters. The Balaban J connectivity index is 1.91. The minimum Gasteiger partial charge on any atom is -0.366 e. The summed E-state index contributed by atoms with van der Waals surface area (Å²) in [5.41, 5.74) is 2.04. The highest BCUT2D eigenvalue weighted by Crippen LogP contribution is 2.35. The SMILES string of the molecule is CC(c1ccccc1)N1CCOC(O)C1c1ccc(F)cc1. The highest BCUT2D eigenvalue weighted by molar-refractivity contribution is 5.24. The first kappa shape index (κ1) is 15.2. The van der Waals surface area contributed by atoms with E-state index in [1.165, 1.54) is 17.7 Å². The summed E-state index contributed by atoms with van der Waals surface area (Å²) >= 11 is 0. The van der Waals surface area contributed by atoms with Gasteiger partial charge in [-0.05, 0) is 30.2 Å². The van der Waals surface area contributed by atoms with Crippen LogP contribution in [0.25, 0.3) is 0 Å². The van der Waals surface area contributed by atoms with E-state index >= 15 is 0 Å². The van der Waals surface area contributed by atoms with Gasteiger partial charge in [0.15, 0.2) is 6.29 Å². The Morgan fingerprint density at radius 2 is 1.82 bits per heavy atom. The van der Waals surface area contributed by atoms with E-state index in [1.807, 2.05) is 18.2 Å². The lowest BCUT2D eigenvalue weighted by Crippen LogP contribution is -2.46. The van der Waals surface area contributed by atoms with Crippen molar-refractivity contribution in [3.8, 4) is 0 Å². The molecule has 0 saturated carbocycles. The summed E-state index contributed by atoms with van der Waals surface area (Å²) in [4.78, 5) is 2.21. The van der Waals surface area contributed by atoms with Crippen molar-refractivity contribution in [3.05, 3.63) is 71.5 Å². The first-order valence-electron chi connectivity index (χ1n) is 7.52. The fourth-order valence-corrected chi connectivity index (χ4v) is 3.05. The highest BCUT2D eigenvalue weighted by atomic mass is 19.1. The number of hydrogen-bond donors (Lipinski definition) is 1. The predicted molar refractivity (Wildman–Crippen MR) is 82.7 cm³/mol. The molecule has 0 amide bonds. The average Bonchev–Trinajstić information content (AvgIpc) is 2.56. The maximum atomic E-state index is 13.2. The van der Waals surface area contributed by atoms with Crippen LogP contribution in [0.5, 0.6) is 0 Å². The third-order valence-corrected chi connectivity index (χ3v) is 4.26. The molecule has 116 valence electrons. The van der Waals surface area contributed by atoms with Crippen molar-refractivity contribution in [3.63, 3.8) is 0 Å². The molecule has 1 heterocycles. The molecule has 1 aliphatic rings. The van der Waals surface area contributed by atoms with Crippen LogP contribution >= 0.6 is 0 Å². The van der Waals surface area contributed by atoms with Crippen LogP contribution in [0.3, 0.4) is 0 Å². The fraction of sp³-hybridized carbons (Fsp3) is 0.333. The predicted octanol–water partition coefficient (Wildman–Crippen LogP) is 3.28. The number of aliphatic hydroxyl groups is 1. The fourth-order valence-electron chi connectivity index (χ4n) is 3.05. The van der Waals surface area contributed by atoms with Crippen molar-refractivity contribution in [2.75, 3.05) is 13.2 Å². The van der Waals surface area contributed by atoms with Crippen LogP contribution in [0.4, 0.5) is 4.39 Å². The van der Waals surface area contributed by atoms with E-state index in [4.69, 9.17) is 4.74 Å². The van der Waals surface area contributed by atoms with Gasteiger partial charge < -0.3 is 9.84 Å². The van der Waals surface area contributed by atoms with Crippen molar-refractivity contribution in [1.82, 2.24) is 4.90 Å². The molecular weight excluding hydrogens is 281 g/mol. The Hall–Kier alpha value is -1.75. The van der Waals surface area contributed by atoms with Gasteiger partial charge in [-0.15, -0.1) is 0 Å². The number of hydrogen-bond acceptors (Lipinski definition) is 3. The smallest absolute Gasteiger partial charge is 0.174 e. The number of nitrogens with zero attached hydrogens (tertiary/aromatic N) is 1. The summed E-state index contributed by atoms with van der Waals surface area (Å²) in [6, 6.07) is 16.3. The molecule has 3 rings (SSSR count). The molecule has 0 spiro atoms. The van der Waals surface area contributed by atoms with Crippen LogP contribution < -0.4 is 0 Å². The zero-order valence-electron chi connectivity index (χ0n) is 12.5. The zero-order valence-corrected chi connectivity index (χ0v) is 12.5. The van der Waals surface area contributed by atoms with Crippen molar-refractivity contribution >= 4 is 0 Å². The molecule has 0 radical (unpaired) electrons. The molecule has 22 heavy (non-hydrogen) atoms. The standard InChI is InChI=1S/C18H20FNO2/c1-13(14-5-3-2-4-6-14)20-11-12-22-18(21)17(20)15-7-9-16(19)10-8-15/h2-10,13,17-18,21H,11-12H2,1H3. The van der Waals surface area contributed by atoms with E-state index in [2.05, 4.69) is 24.0 Å².